The van der Waals surface area contributed by atoms with Crippen molar-refractivity contribution in [2.75, 3.05) is 36.5 Å². The Bertz CT molecular complexity index is 3210. The zero-order valence-electron chi connectivity index (χ0n) is 38.3. The minimum Gasteiger partial charge on any atom is -0.497 e. The molecule has 5 aromatic carbocycles. The lowest BCUT2D eigenvalue weighted by Crippen LogP contribution is -2.31. The highest BCUT2D eigenvalue weighted by molar-refractivity contribution is 7.93. The molecule has 0 saturated heterocycles. The van der Waals surface area contributed by atoms with Crippen LogP contribution in [0.3, 0.4) is 0 Å². The summed E-state index contributed by atoms with van der Waals surface area (Å²) in [5.74, 6) is -5.56. The smallest absolute Gasteiger partial charge is 0.416 e. The van der Waals surface area contributed by atoms with E-state index in [0.717, 1.165) is 52.6 Å². The van der Waals surface area contributed by atoms with Gasteiger partial charge in [-0.1, -0.05) is 21.3 Å². The van der Waals surface area contributed by atoms with Gasteiger partial charge < -0.3 is 28.4 Å². The number of aromatic nitrogens is 4. The molecule has 0 bridgehead atoms. The van der Waals surface area contributed by atoms with Gasteiger partial charge in [-0.05, 0) is 61.7 Å². The predicted molar refractivity (Wildman–Crippen MR) is 257 cm³/mol. The average molecular weight is 1100 g/mol. The molecule has 1 N–H and O–H groups in total. The highest BCUT2D eigenvalue weighted by Gasteiger charge is 2.34. The van der Waals surface area contributed by atoms with Crippen LogP contribution in [0.2, 0.25) is 0 Å². The highest BCUT2D eigenvalue weighted by atomic mass is 32.2. The summed E-state index contributed by atoms with van der Waals surface area (Å²) in [7, 11) is -6.42. The molecule has 0 fully saturated rings. The first-order valence-electron chi connectivity index (χ1n) is 20.9. The van der Waals surface area contributed by atoms with Gasteiger partial charge in [0.05, 0.1) is 39.5 Å². The Morgan fingerprint density at radius 2 is 1.18 bits per heavy atom. The number of hydrogen-bond acceptors (Lipinski definition) is 16. The molecule has 0 saturated carbocycles. The lowest BCUT2D eigenvalue weighted by atomic mass is 10.2. The van der Waals surface area contributed by atoms with Crippen LogP contribution in [0, 0.1) is 30.2 Å². The van der Waals surface area contributed by atoms with Crippen LogP contribution in [0.5, 0.6) is 46.0 Å². The number of hydrogen-bond donors (Lipinski definition) is 1. The van der Waals surface area contributed by atoms with E-state index < -0.39 is 88.6 Å². The van der Waals surface area contributed by atoms with Gasteiger partial charge in [-0.25, -0.2) is 48.7 Å². The number of benzene rings is 5. The van der Waals surface area contributed by atoms with Crippen LogP contribution < -0.4 is 37.4 Å². The van der Waals surface area contributed by atoms with Crippen molar-refractivity contribution in [1.29, 1.82) is 0 Å². The maximum absolute atomic E-state index is 15.4. The number of nitrogens with zero attached hydrogens (tertiary/aromatic N) is 5. The normalized spacial score (nSPS) is 11.4. The monoisotopic (exact) mass is 1100 g/mol. The topological polar surface area (TPSA) is 190 Å². The van der Waals surface area contributed by atoms with Crippen molar-refractivity contribution < 1.29 is 76.0 Å². The summed E-state index contributed by atoms with van der Waals surface area (Å²) in [6, 6.07) is 14.0. The van der Waals surface area contributed by atoms with Crippen molar-refractivity contribution in [2.24, 2.45) is 0 Å². The molecule has 0 spiro atoms. The molecule has 0 atom stereocenters. The lowest BCUT2D eigenvalue weighted by molar-refractivity contribution is -0.137. The molecular formula is C46H45F7N6O10S4. The predicted octanol–water partition coefficient (Wildman–Crippen LogP) is 12.0. The number of nitrogens with one attached hydrogen (secondary N) is 1. The fourth-order valence-corrected chi connectivity index (χ4v) is 10.1. The SMILES string of the molecule is C.CCCOc1cc(C)cc(Oc2cc(F)c(S(=O)(=O)Nc3ncns3)cc2F)c1.CCCOc1cc(Oc2cc(F)c(S(=O)(=O)N(Cc3ccc(OC)cc3OC)c3ncns3)cc2F)cc(C(F)(F)F)c1. The van der Waals surface area contributed by atoms with Gasteiger partial charge in [-0.2, -0.15) is 21.9 Å². The summed E-state index contributed by atoms with van der Waals surface area (Å²) in [5.41, 5.74) is 0.00123. The molecule has 0 aliphatic rings. The van der Waals surface area contributed by atoms with Crippen LogP contribution in [-0.4, -0.2) is 63.0 Å². The Morgan fingerprint density at radius 3 is 1.73 bits per heavy atom. The number of methoxy groups -OCH3 is 2. The van der Waals surface area contributed by atoms with Gasteiger partial charge in [0, 0.05) is 71.1 Å². The number of halogens is 7. The second-order valence-electron chi connectivity index (χ2n) is 14.8. The first-order chi connectivity index (χ1) is 34.1. The van der Waals surface area contributed by atoms with E-state index in [0.29, 0.717) is 72.0 Å². The summed E-state index contributed by atoms with van der Waals surface area (Å²) < 4.78 is 194. The van der Waals surface area contributed by atoms with Gasteiger partial charge in [0.1, 0.15) is 68.6 Å². The van der Waals surface area contributed by atoms with Crippen LogP contribution in [0.4, 0.5) is 41.0 Å². The van der Waals surface area contributed by atoms with Gasteiger partial charge in [-0.3, -0.25) is 4.72 Å². The summed E-state index contributed by atoms with van der Waals surface area (Å²) in [4.78, 5) is 5.64. The van der Waals surface area contributed by atoms with Crippen molar-refractivity contribution in [2.45, 2.75) is 63.6 Å². The fourth-order valence-electron chi connectivity index (χ4n) is 6.18. The number of aryl methyl sites for hydroxylation is 1. The molecule has 0 radical (unpaired) electrons. The van der Waals surface area contributed by atoms with Crippen LogP contribution >= 0.6 is 23.1 Å². The van der Waals surface area contributed by atoms with Gasteiger partial charge >= 0.3 is 6.18 Å². The third-order valence-corrected chi connectivity index (χ3v) is 14.0. The van der Waals surface area contributed by atoms with Crippen LogP contribution in [-0.2, 0) is 32.8 Å². The third-order valence-electron chi connectivity index (χ3n) is 9.42. The second kappa shape index (κ2) is 24.6. The molecular weight excluding hydrogens is 1060 g/mol. The second-order valence-corrected chi connectivity index (χ2v) is 19.8. The number of alkyl halides is 3. The first kappa shape index (κ1) is 56.9. The molecule has 2 aromatic heterocycles. The molecule has 0 amide bonds. The van der Waals surface area contributed by atoms with Gasteiger partial charge in [-0.15, -0.1) is 0 Å². The molecule has 0 aliphatic carbocycles. The van der Waals surface area contributed by atoms with Gasteiger partial charge in [0.2, 0.25) is 10.3 Å². The third kappa shape index (κ3) is 14.6. The molecule has 7 aromatic rings. The van der Waals surface area contributed by atoms with E-state index in [9.17, 15) is 38.8 Å². The Morgan fingerprint density at radius 1 is 0.630 bits per heavy atom. The maximum atomic E-state index is 15.4. The van der Waals surface area contributed by atoms with E-state index in [2.05, 4.69) is 18.7 Å². The maximum Gasteiger partial charge on any atom is 0.416 e. The number of sulfonamides is 2. The number of ether oxygens (including phenoxy) is 6. The van der Waals surface area contributed by atoms with E-state index in [1.807, 2.05) is 11.6 Å². The first-order valence-corrected chi connectivity index (χ1v) is 25.4. The molecule has 16 nitrogen and oxygen atoms in total. The Balaban J connectivity index is 0.000000287. The van der Waals surface area contributed by atoms with E-state index in [1.54, 1.807) is 38.1 Å². The van der Waals surface area contributed by atoms with E-state index in [-0.39, 0.29) is 41.5 Å². The quantitative estimate of drug-likeness (QED) is 0.0709. The molecule has 73 heavy (non-hydrogen) atoms. The zero-order chi connectivity index (χ0) is 52.4. The lowest BCUT2D eigenvalue weighted by Gasteiger charge is -2.23. The van der Waals surface area contributed by atoms with Gasteiger partial charge in [0.15, 0.2) is 23.1 Å². The van der Waals surface area contributed by atoms with Crippen LogP contribution in [0.25, 0.3) is 0 Å². The van der Waals surface area contributed by atoms with Crippen molar-refractivity contribution in [3.05, 3.63) is 131 Å². The molecule has 7 rings (SSSR count). The number of anilines is 2. The molecule has 392 valence electrons. The summed E-state index contributed by atoms with van der Waals surface area (Å²) in [6.07, 6.45) is -1.25. The zero-order valence-corrected chi connectivity index (χ0v) is 41.6. The highest BCUT2D eigenvalue weighted by Crippen LogP contribution is 2.39. The van der Waals surface area contributed by atoms with Crippen molar-refractivity contribution in [3.63, 3.8) is 0 Å². The number of rotatable bonds is 20. The molecule has 0 aliphatic heterocycles. The van der Waals surface area contributed by atoms with E-state index in [4.69, 9.17) is 28.4 Å². The minimum absolute atomic E-state index is 0. The minimum atomic E-state index is -4.83. The van der Waals surface area contributed by atoms with Crippen molar-refractivity contribution >= 4 is 53.4 Å². The van der Waals surface area contributed by atoms with E-state index in [1.165, 1.54) is 26.4 Å². The largest absolute Gasteiger partial charge is 0.497 e. The van der Waals surface area contributed by atoms with Crippen LogP contribution in [0.1, 0.15) is 50.8 Å². The van der Waals surface area contributed by atoms with Gasteiger partial charge in [0.25, 0.3) is 20.0 Å². The summed E-state index contributed by atoms with van der Waals surface area (Å²) >= 11 is 1.46. The van der Waals surface area contributed by atoms with E-state index >= 15 is 8.78 Å². The Kier molecular flexibility index (Phi) is 19.2. The molecule has 27 heteroatoms. The summed E-state index contributed by atoms with van der Waals surface area (Å²) in [5, 5.41) is -0.217. The molecule has 0 unspecified atom stereocenters. The Labute approximate surface area is 423 Å². The van der Waals surface area contributed by atoms with Crippen molar-refractivity contribution in [3.8, 4) is 46.0 Å². The van der Waals surface area contributed by atoms with Crippen LogP contribution in [0.15, 0.2) is 101 Å². The standard InChI is InChI=1S/C27H24F5N3O6S2.C18H17F2N3O4S2.CH4/c1-4-7-40-19-8-17(27(30,31)32)9-20(10-19)41-24-12-22(29)25(13-21(24)28)43(36,37)35(26-33-15-34-42-26)14-16-5-6-18(38-2)11-23(16)39-3;1-3-4-26-12-5-11(2)6-13(7-12)27-16-8-15(20)17(9-14(16)19)29(24,25)23-18-21-10-22-28-18;/h5-6,8-13,15H,4,7,14H2,1-3H3;5-10H,3-4H2,1-2H3,(H,21,22,23);1H4. The molecule has 2 heterocycles. The summed E-state index contributed by atoms with van der Waals surface area (Å²) in [6.45, 7) is 5.70. The fraction of sp³-hybridized carbons (Fsp3) is 0.261. The average Bonchev–Trinajstić information content (AvgIpc) is 4.06. The Hall–Kier alpha value is -6.97. The van der Waals surface area contributed by atoms with Crippen molar-refractivity contribution in [1.82, 2.24) is 18.7 Å².